The van der Waals surface area contributed by atoms with Crippen molar-refractivity contribution in [2.24, 2.45) is 0 Å². The molecule has 0 atom stereocenters. The maximum Gasteiger partial charge on any atom is 0.291 e. The molecule has 0 unspecified atom stereocenters. The lowest BCUT2D eigenvalue weighted by Crippen LogP contribution is -2.49. The molecule has 1 aliphatic rings. The molecule has 1 fully saturated rings. The molecule has 158 valence electrons. The highest BCUT2D eigenvalue weighted by atomic mass is 32.2. The minimum atomic E-state index is -3.61. The summed E-state index contributed by atoms with van der Waals surface area (Å²) in [4.78, 5) is 14.8. The Labute approximate surface area is 178 Å². The molecular formula is C21H18FN5O3S. The zero-order chi connectivity index (χ0) is 22.0. The van der Waals surface area contributed by atoms with Crippen LogP contribution in [0.15, 0.2) is 70.5 Å². The topological polar surface area (TPSA) is 99.3 Å². The van der Waals surface area contributed by atoms with Crippen LogP contribution in [0.3, 0.4) is 0 Å². The number of nitrogens with zero attached hydrogens (tertiary/aromatic N) is 5. The van der Waals surface area contributed by atoms with Crippen molar-refractivity contribution in [1.82, 2.24) is 14.1 Å². The number of aromatic nitrogens is 2. The second-order valence-electron chi connectivity index (χ2n) is 6.91. The molecule has 0 saturated carbocycles. The van der Waals surface area contributed by atoms with Crippen LogP contribution in [-0.4, -0.2) is 48.7 Å². The Morgan fingerprint density at radius 3 is 2.23 bits per heavy atom. The number of sulfonamides is 1. The van der Waals surface area contributed by atoms with Crippen molar-refractivity contribution < 1.29 is 12.8 Å². The van der Waals surface area contributed by atoms with Crippen molar-refractivity contribution in [2.45, 2.75) is 4.90 Å². The number of hydrogen-bond donors (Lipinski definition) is 0. The Hall–Kier alpha value is -3.55. The first kappa shape index (κ1) is 20.7. The summed E-state index contributed by atoms with van der Waals surface area (Å²) in [7, 11) is -3.61. The zero-order valence-electron chi connectivity index (χ0n) is 16.3. The number of rotatable bonds is 4. The van der Waals surface area contributed by atoms with Gasteiger partial charge in [-0.2, -0.15) is 19.3 Å². The Morgan fingerprint density at radius 1 is 0.968 bits per heavy atom. The van der Waals surface area contributed by atoms with Gasteiger partial charge in [0, 0.05) is 26.2 Å². The van der Waals surface area contributed by atoms with Gasteiger partial charge >= 0.3 is 0 Å². The molecule has 0 spiro atoms. The fourth-order valence-corrected chi connectivity index (χ4v) is 4.91. The van der Waals surface area contributed by atoms with Crippen LogP contribution in [-0.2, 0) is 10.0 Å². The number of piperazine rings is 1. The van der Waals surface area contributed by atoms with E-state index in [2.05, 4.69) is 5.10 Å². The second kappa shape index (κ2) is 8.29. The molecule has 0 bridgehead atoms. The molecule has 8 nitrogen and oxygen atoms in total. The van der Waals surface area contributed by atoms with Crippen molar-refractivity contribution in [1.29, 1.82) is 5.26 Å². The van der Waals surface area contributed by atoms with Crippen molar-refractivity contribution in [3.63, 3.8) is 0 Å². The van der Waals surface area contributed by atoms with E-state index in [0.717, 1.165) is 4.68 Å². The molecule has 1 aliphatic heterocycles. The molecule has 0 aliphatic carbocycles. The first-order chi connectivity index (χ1) is 14.9. The maximum absolute atomic E-state index is 13.2. The van der Waals surface area contributed by atoms with Gasteiger partial charge in [-0.1, -0.05) is 18.2 Å². The third-order valence-corrected chi connectivity index (χ3v) is 7.01. The normalized spacial score (nSPS) is 14.9. The number of nitriles is 1. The number of anilines is 1. The summed E-state index contributed by atoms with van der Waals surface area (Å²) in [5.41, 5.74) is -0.0273. The quantitative estimate of drug-likeness (QED) is 0.614. The lowest BCUT2D eigenvalue weighted by molar-refractivity contribution is 0.384. The van der Waals surface area contributed by atoms with Crippen molar-refractivity contribution in [3.8, 4) is 11.8 Å². The molecular weight excluding hydrogens is 421 g/mol. The Kier molecular flexibility index (Phi) is 5.54. The molecule has 4 rings (SSSR count). The molecule has 0 amide bonds. The molecule has 2 heterocycles. The van der Waals surface area contributed by atoms with Crippen LogP contribution >= 0.6 is 0 Å². The smallest absolute Gasteiger partial charge is 0.291 e. The lowest BCUT2D eigenvalue weighted by Gasteiger charge is -2.35. The van der Waals surface area contributed by atoms with Gasteiger partial charge in [-0.05, 0) is 36.4 Å². The van der Waals surface area contributed by atoms with Crippen LogP contribution in [0.1, 0.15) is 5.56 Å². The monoisotopic (exact) mass is 439 g/mol. The second-order valence-corrected chi connectivity index (χ2v) is 8.85. The highest BCUT2D eigenvalue weighted by Gasteiger charge is 2.30. The lowest BCUT2D eigenvalue weighted by atomic mass is 10.2. The Morgan fingerprint density at radius 2 is 1.61 bits per heavy atom. The van der Waals surface area contributed by atoms with E-state index < -0.39 is 21.4 Å². The average Bonchev–Trinajstić information content (AvgIpc) is 2.80. The first-order valence-electron chi connectivity index (χ1n) is 9.50. The minimum absolute atomic E-state index is 0.0984. The molecule has 3 aromatic rings. The van der Waals surface area contributed by atoms with Gasteiger partial charge in [0.05, 0.1) is 22.5 Å². The van der Waals surface area contributed by atoms with E-state index in [0.29, 0.717) is 24.5 Å². The van der Waals surface area contributed by atoms with E-state index in [1.165, 1.54) is 34.8 Å². The molecule has 10 heteroatoms. The first-order valence-corrected chi connectivity index (χ1v) is 10.9. The van der Waals surface area contributed by atoms with E-state index in [1.54, 1.807) is 35.2 Å². The SMILES string of the molecule is N#Cc1c(N2CCN(S(=O)(=O)c3ccccc3)CC2)cnn(-c2ccc(F)cc2)c1=O. The predicted molar refractivity (Wildman–Crippen MR) is 112 cm³/mol. The van der Waals surface area contributed by atoms with E-state index in [-0.39, 0.29) is 23.5 Å². The van der Waals surface area contributed by atoms with Crippen LogP contribution in [0.25, 0.3) is 5.69 Å². The summed E-state index contributed by atoms with van der Waals surface area (Å²) >= 11 is 0. The molecule has 0 radical (unpaired) electrons. The van der Waals surface area contributed by atoms with E-state index in [4.69, 9.17) is 0 Å². The average molecular weight is 439 g/mol. The largest absolute Gasteiger partial charge is 0.366 e. The summed E-state index contributed by atoms with van der Waals surface area (Å²) < 4.78 is 41.2. The number of benzene rings is 2. The van der Waals surface area contributed by atoms with Crippen LogP contribution in [0.4, 0.5) is 10.1 Å². The summed E-state index contributed by atoms with van der Waals surface area (Å²) in [6, 6.07) is 15.3. The number of hydrogen-bond acceptors (Lipinski definition) is 6. The fourth-order valence-electron chi connectivity index (χ4n) is 3.47. The van der Waals surface area contributed by atoms with Gasteiger partial charge in [-0.25, -0.2) is 12.8 Å². The Bertz CT molecular complexity index is 1290. The molecule has 1 saturated heterocycles. The van der Waals surface area contributed by atoms with Gasteiger partial charge in [-0.3, -0.25) is 4.79 Å². The van der Waals surface area contributed by atoms with E-state index in [1.807, 2.05) is 6.07 Å². The third-order valence-electron chi connectivity index (χ3n) is 5.10. The molecule has 1 aromatic heterocycles. The van der Waals surface area contributed by atoms with Gasteiger partial charge < -0.3 is 4.90 Å². The molecule has 0 N–H and O–H groups in total. The van der Waals surface area contributed by atoms with Gasteiger partial charge in [0.15, 0.2) is 0 Å². The maximum atomic E-state index is 13.2. The third kappa shape index (κ3) is 3.93. The predicted octanol–water partition coefficient (Wildman–Crippen LogP) is 1.75. The van der Waals surface area contributed by atoms with Gasteiger partial charge in [0.25, 0.3) is 5.56 Å². The van der Waals surface area contributed by atoms with Crippen LogP contribution in [0.2, 0.25) is 0 Å². The summed E-state index contributed by atoms with van der Waals surface area (Å²) in [5.74, 6) is -0.447. The van der Waals surface area contributed by atoms with Crippen LogP contribution < -0.4 is 10.5 Å². The summed E-state index contributed by atoms with van der Waals surface area (Å²) in [6.07, 6.45) is 1.41. The highest BCUT2D eigenvalue weighted by molar-refractivity contribution is 7.89. The van der Waals surface area contributed by atoms with Gasteiger partial charge in [-0.15, -0.1) is 0 Å². The van der Waals surface area contributed by atoms with Crippen LogP contribution in [0.5, 0.6) is 0 Å². The highest BCUT2D eigenvalue weighted by Crippen LogP contribution is 2.22. The van der Waals surface area contributed by atoms with Crippen molar-refractivity contribution in [2.75, 3.05) is 31.1 Å². The minimum Gasteiger partial charge on any atom is -0.366 e. The number of halogens is 1. The van der Waals surface area contributed by atoms with Gasteiger partial charge in [0.1, 0.15) is 17.4 Å². The van der Waals surface area contributed by atoms with Crippen molar-refractivity contribution >= 4 is 15.7 Å². The summed E-state index contributed by atoms with van der Waals surface area (Å²) in [6.45, 7) is 1.04. The van der Waals surface area contributed by atoms with E-state index in [9.17, 15) is 22.9 Å². The van der Waals surface area contributed by atoms with E-state index >= 15 is 0 Å². The Balaban J connectivity index is 1.58. The standard InChI is InChI=1S/C21H18FN5O3S/c22-16-6-8-17(9-7-16)27-21(28)19(14-23)20(15-24-27)25-10-12-26(13-11-25)31(29,30)18-4-2-1-3-5-18/h1-9,15H,10-13H2. The fraction of sp³-hybridized carbons (Fsp3) is 0.190. The van der Waals surface area contributed by atoms with Crippen molar-refractivity contribution in [3.05, 3.63) is 82.5 Å². The van der Waals surface area contributed by atoms with Gasteiger partial charge in [0.2, 0.25) is 10.0 Å². The molecule has 31 heavy (non-hydrogen) atoms. The summed E-state index contributed by atoms with van der Waals surface area (Å²) in [5, 5.41) is 13.7. The molecule has 2 aromatic carbocycles. The zero-order valence-corrected chi connectivity index (χ0v) is 17.2. The van der Waals surface area contributed by atoms with Crippen LogP contribution in [0, 0.1) is 17.1 Å².